The Labute approximate surface area is 122 Å². The molecule has 0 aromatic rings. The van der Waals surface area contributed by atoms with E-state index in [0.717, 1.165) is 6.42 Å². The fourth-order valence-electron chi connectivity index (χ4n) is 1.39. The molecule has 0 bridgehead atoms. The third kappa shape index (κ3) is 8.45. The Balaban J connectivity index is 4.33. The van der Waals surface area contributed by atoms with Crippen molar-refractivity contribution in [2.75, 3.05) is 6.54 Å². The smallest absolute Gasteiger partial charge is 0.326 e. The lowest BCUT2D eigenvalue weighted by atomic mass is 10.1. The number of urea groups is 1. The largest absolute Gasteiger partial charge is 0.481 e. The number of carboxylic acid groups (broad SMARTS) is 2. The zero-order chi connectivity index (χ0) is 16.4. The highest BCUT2D eigenvalue weighted by molar-refractivity contribution is 5.88. The van der Waals surface area contributed by atoms with Crippen molar-refractivity contribution in [2.24, 2.45) is 0 Å². The number of carbonyl (C=O) groups is 4. The van der Waals surface area contributed by atoms with E-state index in [2.05, 4.69) is 16.0 Å². The molecule has 3 amide bonds. The van der Waals surface area contributed by atoms with Crippen LogP contribution in [-0.4, -0.2) is 52.7 Å². The summed E-state index contributed by atoms with van der Waals surface area (Å²) >= 11 is 0. The van der Waals surface area contributed by atoms with Gasteiger partial charge in [0.2, 0.25) is 5.91 Å². The molecule has 0 rings (SSSR count). The number of amides is 3. The maximum atomic E-state index is 11.6. The molecule has 0 fully saturated rings. The number of hydrogen-bond acceptors (Lipinski definition) is 4. The van der Waals surface area contributed by atoms with Crippen molar-refractivity contribution < 1.29 is 29.4 Å². The first-order valence-corrected chi connectivity index (χ1v) is 6.57. The normalized spacial score (nSPS) is 12.9. The van der Waals surface area contributed by atoms with Gasteiger partial charge >= 0.3 is 18.0 Å². The summed E-state index contributed by atoms with van der Waals surface area (Å²) in [6.07, 6.45) is 0.124. The Morgan fingerprint density at radius 3 is 2.19 bits per heavy atom. The van der Waals surface area contributed by atoms with Crippen LogP contribution in [0, 0.1) is 0 Å². The maximum Gasteiger partial charge on any atom is 0.326 e. The Morgan fingerprint density at radius 2 is 1.71 bits per heavy atom. The molecule has 0 saturated heterocycles. The topological polar surface area (TPSA) is 145 Å². The summed E-state index contributed by atoms with van der Waals surface area (Å²) in [6, 6.07) is -3.00. The molecule has 1 unspecified atom stereocenters. The van der Waals surface area contributed by atoms with E-state index in [0.29, 0.717) is 6.54 Å². The highest BCUT2D eigenvalue weighted by Gasteiger charge is 2.22. The van der Waals surface area contributed by atoms with Crippen molar-refractivity contribution in [2.45, 2.75) is 45.2 Å². The molecule has 0 radical (unpaired) electrons. The fraction of sp³-hybridized carbons (Fsp3) is 0.667. The highest BCUT2D eigenvalue weighted by Crippen LogP contribution is 1.98. The summed E-state index contributed by atoms with van der Waals surface area (Å²) in [4.78, 5) is 44.4. The molecule has 21 heavy (non-hydrogen) atoms. The van der Waals surface area contributed by atoms with Crippen molar-refractivity contribution in [3.8, 4) is 0 Å². The second kappa shape index (κ2) is 9.56. The third-order valence-corrected chi connectivity index (χ3v) is 2.54. The van der Waals surface area contributed by atoms with Crippen LogP contribution in [0.3, 0.4) is 0 Å². The lowest BCUT2D eigenvalue weighted by Gasteiger charge is -2.17. The van der Waals surface area contributed by atoms with E-state index in [9.17, 15) is 19.2 Å². The van der Waals surface area contributed by atoms with E-state index in [4.69, 9.17) is 10.2 Å². The van der Waals surface area contributed by atoms with Crippen LogP contribution in [-0.2, 0) is 14.4 Å². The van der Waals surface area contributed by atoms with E-state index in [-0.39, 0.29) is 18.7 Å². The van der Waals surface area contributed by atoms with Crippen LogP contribution in [0.1, 0.15) is 33.1 Å². The summed E-state index contributed by atoms with van der Waals surface area (Å²) < 4.78 is 0. The Kier molecular flexibility index (Phi) is 8.51. The minimum Gasteiger partial charge on any atom is -0.481 e. The third-order valence-electron chi connectivity index (χ3n) is 2.54. The molecule has 9 heteroatoms. The van der Waals surface area contributed by atoms with E-state index in [1.54, 1.807) is 0 Å². The number of hydrogen-bond donors (Lipinski definition) is 5. The summed E-state index contributed by atoms with van der Waals surface area (Å²) in [6.45, 7) is 3.81. The second-order valence-corrected chi connectivity index (χ2v) is 4.45. The van der Waals surface area contributed by atoms with Gasteiger partial charge in [-0.05, 0) is 19.8 Å². The van der Waals surface area contributed by atoms with Gasteiger partial charge in [-0.15, -0.1) is 0 Å². The van der Waals surface area contributed by atoms with Gasteiger partial charge < -0.3 is 26.2 Å². The zero-order valence-electron chi connectivity index (χ0n) is 12.0. The molecule has 0 heterocycles. The van der Waals surface area contributed by atoms with Gasteiger partial charge in [-0.3, -0.25) is 9.59 Å². The van der Waals surface area contributed by atoms with Crippen LogP contribution >= 0.6 is 0 Å². The van der Waals surface area contributed by atoms with Gasteiger partial charge in [0.1, 0.15) is 12.1 Å². The predicted molar refractivity (Wildman–Crippen MR) is 72.7 cm³/mol. The summed E-state index contributed by atoms with van der Waals surface area (Å²) in [5, 5.41) is 24.4. The Bertz CT molecular complexity index is 398. The first kappa shape index (κ1) is 18.7. The number of carbonyl (C=O) groups excluding carboxylic acids is 2. The van der Waals surface area contributed by atoms with Crippen LogP contribution in [0.2, 0.25) is 0 Å². The van der Waals surface area contributed by atoms with Gasteiger partial charge in [0, 0.05) is 13.0 Å². The first-order valence-electron chi connectivity index (χ1n) is 6.57. The van der Waals surface area contributed by atoms with E-state index in [1.165, 1.54) is 6.92 Å². The average molecular weight is 303 g/mol. The Hall–Kier alpha value is -2.32. The molecule has 0 aromatic carbocycles. The molecule has 0 aliphatic carbocycles. The molecule has 0 aromatic heterocycles. The van der Waals surface area contributed by atoms with Crippen molar-refractivity contribution in [3.05, 3.63) is 0 Å². The molecule has 0 aliphatic heterocycles. The van der Waals surface area contributed by atoms with Crippen LogP contribution in [0.5, 0.6) is 0 Å². The monoisotopic (exact) mass is 303 g/mol. The van der Waals surface area contributed by atoms with E-state index in [1.807, 2.05) is 6.92 Å². The van der Waals surface area contributed by atoms with Crippen molar-refractivity contribution in [1.29, 1.82) is 0 Å². The molecule has 9 nitrogen and oxygen atoms in total. The van der Waals surface area contributed by atoms with Crippen molar-refractivity contribution in [3.63, 3.8) is 0 Å². The molecule has 5 N–H and O–H groups in total. The van der Waals surface area contributed by atoms with Crippen LogP contribution in [0.4, 0.5) is 4.79 Å². The van der Waals surface area contributed by atoms with Gasteiger partial charge in [-0.2, -0.15) is 0 Å². The van der Waals surface area contributed by atoms with E-state index < -0.39 is 30.1 Å². The summed E-state index contributed by atoms with van der Waals surface area (Å²) in [7, 11) is 0. The van der Waals surface area contributed by atoms with Gasteiger partial charge in [-0.1, -0.05) is 6.92 Å². The molecule has 0 aliphatic rings. The summed E-state index contributed by atoms with van der Waals surface area (Å²) in [5.74, 6) is -2.88. The number of aliphatic carboxylic acids is 2. The maximum absolute atomic E-state index is 11.6. The van der Waals surface area contributed by atoms with Gasteiger partial charge in [0.05, 0.1) is 0 Å². The van der Waals surface area contributed by atoms with E-state index >= 15 is 0 Å². The number of nitrogens with one attached hydrogen (secondary N) is 3. The highest BCUT2D eigenvalue weighted by atomic mass is 16.4. The van der Waals surface area contributed by atoms with Crippen molar-refractivity contribution >= 4 is 23.9 Å². The van der Waals surface area contributed by atoms with Gasteiger partial charge in [0.25, 0.3) is 0 Å². The molecular weight excluding hydrogens is 282 g/mol. The fourth-order valence-corrected chi connectivity index (χ4v) is 1.39. The number of carboxylic acids is 2. The molecule has 0 spiro atoms. The number of rotatable bonds is 9. The van der Waals surface area contributed by atoms with Gasteiger partial charge in [0.15, 0.2) is 0 Å². The predicted octanol–water partition coefficient (Wildman–Crippen LogP) is -0.482. The standard InChI is InChI=1S/C12H21N3O6/c1-3-6-13-10(18)7(2)14-12(21)15-8(11(19)20)4-5-9(16)17/h7-8H,3-6H2,1-2H3,(H,13,18)(H,16,17)(H,19,20)(H2,14,15,21)/t7?,8-/m0/s1. The van der Waals surface area contributed by atoms with Crippen LogP contribution in [0.15, 0.2) is 0 Å². The lowest BCUT2D eigenvalue weighted by Crippen LogP contribution is -2.52. The summed E-state index contributed by atoms with van der Waals surface area (Å²) in [5.41, 5.74) is 0. The first-order chi connectivity index (χ1) is 9.77. The molecule has 120 valence electrons. The zero-order valence-corrected chi connectivity index (χ0v) is 12.0. The van der Waals surface area contributed by atoms with Crippen LogP contribution in [0.25, 0.3) is 0 Å². The van der Waals surface area contributed by atoms with Crippen LogP contribution < -0.4 is 16.0 Å². The quantitative estimate of drug-likeness (QED) is 0.389. The molecule has 2 atom stereocenters. The SMILES string of the molecule is CCCNC(=O)C(C)NC(=O)N[C@@H](CCC(=O)O)C(=O)O. The second-order valence-electron chi connectivity index (χ2n) is 4.45. The lowest BCUT2D eigenvalue weighted by molar-refractivity contribution is -0.140. The minimum atomic E-state index is -1.34. The van der Waals surface area contributed by atoms with Gasteiger partial charge in [-0.25, -0.2) is 9.59 Å². The van der Waals surface area contributed by atoms with Crippen molar-refractivity contribution in [1.82, 2.24) is 16.0 Å². The molecule has 0 saturated carbocycles. The average Bonchev–Trinajstić information content (AvgIpc) is 2.39. The Morgan fingerprint density at radius 1 is 1.10 bits per heavy atom. The minimum absolute atomic E-state index is 0.242. The molecular formula is C12H21N3O6.